The van der Waals surface area contributed by atoms with Gasteiger partial charge in [-0.3, -0.25) is 9.69 Å². The molecule has 0 bridgehead atoms. The SMILES string of the molecule is O=C1COC2(CCN(Cc3cccs3)CC2)CN1. The Morgan fingerprint density at radius 3 is 2.89 bits per heavy atom. The normalized spacial score (nSPS) is 24.1. The van der Waals surface area contributed by atoms with Crippen molar-refractivity contribution >= 4 is 17.2 Å². The largest absolute Gasteiger partial charge is 0.363 e. The predicted molar refractivity (Wildman–Crippen MR) is 70.5 cm³/mol. The Labute approximate surface area is 111 Å². The summed E-state index contributed by atoms with van der Waals surface area (Å²) < 4.78 is 5.77. The predicted octanol–water partition coefficient (Wildman–Crippen LogP) is 1.23. The molecule has 0 aliphatic carbocycles. The fourth-order valence-corrected chi connectivity index (χ4v) is 3.39. The van der Waals surface area contributed by atoms with Crippen LogP contribution in [0.15, 0.2) is 17.5 Å². The van der Waals surface area contributed by atoms with E-state index in [-0.39, 0.29) is 18.1 Å². The molecule has 0 unspecified atom stereocenters. The van der Waals surface area contributed by atoms with Gasteiger partial charge in [-0.25, -0.2) is 0 Å². The number of amides is 1. The second-order valence-electron chi connectivity index (χ2n) is 5.10. The number of hydrogen-bond donors (Lipinski definition) is 1. The molecule has 0 atom stereocenters. The van der Waals surface area contributed by atoms with E-state index in [1.54, 1.807) is 0 Å². The van der Waals surface area contributed by atoms with Gasteiger partial charge in [-0.15, -0.1) is 11.3 Å². The summed E-state index contributed by atoms with van der Waals surface area (Å²) in [5.74, 6) is 0.0154. The van der Waals surface area contributed by atoms with E-state index in [1.165, 1.54) is 4.88 Å². The van der Waals surface area contributed by atoms with Crippen LogP contribution in [0.25, 0.3) is 0 Å². The number of likely N-dealkylation sites (tertiary alicyclic amines) is 1. The molecule has 5 heteroatoms. The third-order valence-electron chi connectivity index (χ3n) is 3.84. The van der Waals surface area contributed by atoms with Gasteiger partial charge < -0.3 is 10.1 Å². The summed E-state index contributed by atoms with van der Waals surface area (Å²) in [4.78, 5) is 15.0. The first-order chi connectivity index (χ1) is 8.76. The molecule has 0 radical (unpaired) electrons. The van der Waals surface area contributed by atoms with Crippen LogP contribution in [-0.4, -0.2) is 42.6 Å². The summed E-state index contributed by atoms with van der Waals surface area (Å²) in [5.41, 5.74) is -0.0974. The topological polar surface area (TPSA) is 41.6 Å². The summed E-state index contributed by atoms with van der Waals surface area (Å²) in [6.07, 6.45) is 2.03. The zero-order valence-electron chi connectivity index (χ0n) is 10.4. The highest BCUT2D eigenvalue weighted by Crippen LogP contribution is 2.28. The smallest absolute Gasteiger partial charge is 0.246 e. The van der Waals surface area contributed by atoms with E-state index in [0.717, 1.165) is 32.5 Å². The van der Waals surface area contributed by atoms with Crippen LogP contribution in [0, 0.1) is 0 Å². The molecule has 1 N–H and O–H groups in total. The maximum absolute atomic E-state index is 11.1. The number of hydrogen-bond acceptors (Lipinski definition) is 4. The number of rotatable bonds is 2. The second kappa shape index (κ2) is 4.99. The molecule has 2 fully saturated rings. The maximum Gasteiger partial charge on any atom is 0.246 e. The molecule has 3 rings (SSSR count). The zero-order valence-corrected chi connectivity index (χ0v) is 11.2. The van der Waals surface area contributed by atoms with Crippen LogP contribution in [-0.2, 0) is 16.1 Å². The van der Waals surface area contributed by atoms with Crippen molar-refractivity contribution in [3.63, 3.8) is 0 Å². The summed E-state index contributed by atoms with van der Waals surface area (Å²) in [6.45, 7) is 4.05. The quantitative estimate of drug-likeness (QED) is 0.875. The Balaban J connectivity index is 1.53. The lowest BCUT2D eigenvalue weighted by atomic mass is 9.90. The average molecular weight is 266 g/mol. The molecule has 3 heterocycles. The highest BCUT2D eigenvalue weighted by atomic mass is 32.1. The van der Waals surface area contributed by atoms with Gasteiger partial charge in [0.2, 0.25) is 5.91 Å². The molecule has 0 saturated carbocycles. The average Bonchev–Trinajstić information content (AvgIpc) is 2.89. The summed E-state index contributed by atoms with van der Waals surface area (Å²) in [6, 6.07) is 4.29. The van der Waals surface area contributed by atoms with Crippen LogP contribution in [0.1, 0.15) is 17.7 Å². The number of carbonyl (C=O) groups is 1. The number of ether oxygens (including phenoxy) is 1. The minimum absolute atomic E-state index is 0.0154. The molecule has 1 aromatic heterocycles. The highest BCUT2D eigenvalue weighted by Gasteiger charge is 2.38. The lowest BCUT2D eigenvalue weighted by Crippen LogP contribution is -2.57. The summed E-state index contributed by atoms with van der Waals surface area (Å²) in [5, 5.41) is 5.05. The van der Waals surface area contributed by atoms with Gasteiger partial charge in [0, 0.05) is 31.1 Å². The lowest BCUT2D eigenvalue weighted by molar-refractivity contribution is -0.150. The number of morpholine rings is 1. The Kier molecular flexibility index (Phi) is 3.37. The first-order valence-electron chi connectivity index (χ1n) is 6.41. The molecule has 18 heavy (non-hydrogen) atoms. The van der Waals surface area contributed by atoms with Crippen molar-refractivity contribution < 1.29 is 9.53 Å². The molecule has 2 aliphatic heterocycles. The monoisotopic (exact) mass is 266 g/mol. The second-order valence-corrected chi connectivity index (χ2v) is 6.14. The number of piperidine rings is 1. The van der Waals surface area contributed by atoms with Gasteiger partial charge in [0.05, 0.1) is 5.60 Å². The van der Waals surface area contributed by atoms with E-state index >= 15 is 0 Å². The standard InChI is InChI=1S/C13H18N2O2S/c16-12-9-17-13(10-14-12)3-5-15(6-4-13)8-11-2-1-7-18-11/h1-2,7H,3-6,8-10H2,(H,14,16). The fraction of sp³-hybridized carbons (Fsp3) is 0.615. The highest BCUT2D eigenvalue weighted by molar-refractivity contribution is 7.09. The van der Waals surface area contributed by atoms with E-state index in [2.05, 4.69) is 27.7 Å². The van der Waals surface area contributed by atoms with Crippen LogP contribution in [0.2, 0.25) is 0 Å². The third kappa shape index (κ3) is 2.58. The van der Waals surface area contributed by atoms with E-state index in [9.17, 15) is 4.79 Å². The van der Waals surface area contributed by atoms with Crippen LogP contribution < -0.4 is 5.32 Å². The Morgan fingerprint density at radius 1 is 1.44 bits per heavy atom. The molecule has 1 amide bonds. The Hall–Kier alpha value is -0.910. The number of carbonyl (C=O) groups excluding carboxylic acids is 1. The molecule has 1 spiro atoms. The first-order valence-corrected chi connectivity index (χ1v) is 7.29. The fourth-order valence-electron chi connectivity index (χ4n) is 2.64. The van der Waals surface area contributed by atoms with Gasteiger partial charge in [0.25, 0.3) is 0 Å². The van der Waals surface area contributed by atoms with Crippen molar-refractivity contribution in [1.29, 1.82) is 0 Å². The van der Waals surface area contributed by atoms with Gasteiger partial charge >= 0.3 is 0 Å². The molecule has 2 saturated heterocycles. The molecule has 1 aromatic rings. The van der Waals surface area contributed by atoms with Crippen LogP contribution in [0.4, 0.5) is 0 Å². The van der Waals surface area contributed by atoms with Gasteiger partial charge in [0.1, 0.15) is 6.61 Å². The van der Waals surface area contributed by atoms with E-state index in [0.29, 0.717) is 6.54 Å². The van der Waals surface area contributed by atoms with Gasteiger partial charge in [-0.2, -0.15) is 0 Å². The molecular weight excluding hydrogens is 248 g/mol. The van der Waals surface area contributed by atoms with Crippen molar-refractivity contribution in [3.8, 4) is 0 Å². The number of nitrogens with one attached hydrogen (secondary N) is 1. The first kappa shape index (κ1) is 12.1. The van der Waals surface area contributed by atoms with Crippen LogP contribution in [0.3, 0.4) is 0 Å². The molecular formula is C13H18N2O2S. The van der Waals surface area contributed by atoms with Crippen LogP contribution in [0.5, 0.6) is 0 Å². The molecule has 0 aromatic carbocycles. The van der Waals surface area contributed by atoms with E-state index in [4.69, 9.17) is 4.74 Å². The Morgan fingerprint density at radius 2 is 2.28 bits per heavy atom. The number of nitrogens with zero attached hydrogens (tertiary/aromatic N) is 1. The van der Waals surface area contributed by atoms with Gasteiger partial charge in [-0.1, -0.05) is 6.07 Å². The van der Waals surface area contributed by atoms with Gasteiger partial charge in [-0.05, 0) is 24.3 Å². The van der Waals surface area contributed by atoms with Crippen molar-refractivity contribution in [1.82, 2.24) is 10.2 Å². The molecule has 98 valence electrons. The number of thiophene rings is 1. The van der Waals surface area contributed by atoms with Crippen molar-refractivity contribution in [2.24, 2.45) is 0 Å². The van der Waals surface area contributed by atoms with Crippen molar-refractivity contribution in [3.05, 3.63) is 22.4 Å². The Bertz CT molecular complexity index is 399. The van der Waals surface area contributed by atoms with Gasteiger partial charge in [0.15, 0.2) is 0 Å². The lowest BCUT2D eigenvalue weighted by Gasteiger charge is -2.43. The zero-order chi connectivity index (χ0) is 12.4. The molecule has 4 nitrogen and oxygen atoms in total. The summed E-state index contributed by atoms with van der Waals surface area (Å²) >= 11 is 1.81. The minimum Gasteiger partial charge on any atom is -0.363 e. The third-order valence-corrected chi connectivity index (χ3v) is 4.71. The van der Waals surface area contributed by atoms with Crippen molar-refractivity contribution in [2.75, 3.05) is 26.2 Å². The van der Waals surface area contributed by atoms with E-state index in [1.807, 2.05) is 11.3 Å². The van der Waals surface area contributed by atoms with Crippen LogP contribution >= 0.6 is 11.3 Å². The van der Waals surface area contributed by atoms with E-state index < -0.39 is 0 Å². The van der Waals surface area contributed by atoms with Crippen molar-refractivity contribution in [2.45, 2.75) is 25.0 Å². The summed E-state index contributed by atoms with van der Waals surface area (Å²) in [7, 11) is 0. The minimum atomic E-state index is -0.0974. The maximum atomic E-state index is 11.1. The molecule has 2 aliphatic rings.